The van der Waals surface area contributed by atoms with Crippen LogP contribution in [0.1, 0.15) is 30.7 Å². The summed E-state index contributed by atoms with van der Waals surface area (Å²) < 4.78 is 8.05. The van der Waals surface area contributed by atoms with E-state index in [1.807, 2.05) is 43.3 Å². The van der Waals surface area contributed by atoms with E-state index in [9.17, 15) is 4.79 Å². The van der Waals surface area contributed by atoms with Gasteiger partial charge in [0.15, 0.2) is 0 Å². The van der Waals surface area contributed by atoms with Gasteiger partial charge in [-0.05, 0) is 62.1 Å². The van der Waals surface area contributed by atoms with Gasteiger partial charge in [0.05, 0.1) is 24.2 Å². The summed E-state index contributed by atoms with van der Waals surface area (Å²) >= 11 is 6.06. The van der Waals surface area contributed by atoms with E-state index in [0.717, 1.165) is 59.0 Å². The minimum Gasteiger partial charge on any atom is -0.494 e. The molecule has 146 valence electrons. The number of hydrogen-bond donors (Lipinski definition) is 1. The molecule has 0 bridgehead atoms. The highest BCUT2D eigenvalue weighted by molar-refractivity contribution is 6.31. The van der Waals surface area contributed by atoms with Crippen molar-refractivity contribution in [2.75, 3.05) is 6.61 Å². The van der Waals surface area contributed by atoms with Gasteiger partial charge in [-0.25, -0.2) is 4.98 Å². The van der Waals surface area contributed by atoms with Crippen molar-refractivity contribution in [2.45, 2.75) is 39.3 Å². The van der Waals surface area contributed by atoms with Gasteiger partial charge < -0.3 is 14.6 Å². The van der Waals surface area contributed by atoms with E-state index < -0.39 is 0 Å². The fraction of sp³-hybridized carbons (Fsp3) is 0.364. The SMILES string of the molecule is Cc1cc(OCCCn2c(CNC(=O)C3CC3)nc3ccccc32)ccc1Cl. The molecule has 0 spiro atoms. The van der Waals surface area contributed by atoms with Gasteiger partial charge in [-0.3, -0.25) is 4.79 Å². The summed E-state index contributed by atoms with van der Waals surface area (Å²) in [5, 5.41) is 3.77. The predicted molar refractivity (Wildman–Crippen MR) is 111 cm³/mol. The fourth-order valence-corrected chi connectivity index (χ4v) is 3.40. The topological polar surface area (TPSA) is 56.1 Å². The highest BCUT2D eigenvalue weighted by Gasteiger charge is 2.29. The Morgan fingerprint density at radius 2 is 2.11 bits per heavy atom. The van der Waals surface area contributed by atoms with Crippen LogP contribution in [0.4, 0.5) is 0 Å². The molecule has 4 rings (SSSR count). The lowest BCUT2D eigenvalue weighted by Crippen LogP contribution is -2.26. The average molecular weight is 398 g/mol. The van der Waals surface area contributed by atoms with Crippen LogP contribution in [0.25, 0.3) is 11.0 Å². The third-order valence-electron chi connectivity index (χ3n) is 5.03. The number of aromatic nitrogens is 2. The Hall–Kier alpha value is -2.53. The largest absolute Gasteiger partial charge is 0.494 e. The molecule has 28 heavy (non-hydrogen) atoms. The maximum absolute atomic E-state index is 12.0. The predicted octanol–water partition coefficient (Wildman–Crippen LogP) is 4.49. The molecule has 1 aliphatic carbocycles. The van der Waals surface area contributed by atoms with Crippen molar-refractivity contribution in [3.05, 3.63) is 58.9 Å². The van der Waals surface area contributed by atoms with Crippen LogP contribution in [0.2, 0.25) is 5.02 Å². The lowest BCUT2D eigenvalue weighted by atomic mass is 10.2. The van der Waals surface area contributed by atoms with Crippen molar-refractivity contribution < 1.29 is 9.53 Å². The summed E-state index contributed by atoms with van der Waals surface area (Å²) in [6, 6.07) is 13.8. The molecule has 1 N–H and O–H groups in total. The molecule has 1 heterocycles. The number of benzene rings is 2. The Balaban J connectivity index is 1.40. The molecule has 3 aromatic rings. The Morgan fingerprint density at radius 1 is 1.29 bits per heavy atom. The summed E-state index contributed by atoms with van der Waals surface area (Å²) in [5.74, 6) is 2.06. The molecule has 1 fully saturated rings. The van der Waals surface area contributed by atoms with E-state index in [1.165, 1.54) is 0 Å². The van der Waals surface area contributed by atoms with E-state index in [2.05, 4.69) is 16.0 Å². The average Bonchev–Trinajstić information content (AvgIpc) is 3.49. The Bertz CT molecular complexity index is 995. The number of imidazole rings is 1. The second kappa shape index (κ2) is 8.23. The Morgan fingerprint density at radius 3 is 2.89 bits per heavy atom. The molecular weight excluding hydrogens is 374 g/mol. The first kappa shape index (κ1) is 18.8. The quantitative estimate of drug-likeness (QED) is 0.569. The van der Waals surface area contributed by atoms with Crippen LogP contribution in [0.15, 0.2) is 42.5 Å². The normalized spacial score (nSPS) is 13.6. The van der Waals surface area contributed by atoms with Crippen LogP contribution in [0.5, 0.6) is 5.75 Å². The summed E-state index contributed by atoms with van der Waals surface area (Å²) in [6.07, 6.45) is 2.85. The van der Waals surface area contributed by atoms with Gasteiger partial charge in [0, 0.05) is 17.5 Å². The van der Waals surface area contributed by atoms with E-state index in [-0.39, 0.29) is 11.8 Å². The lowest BCUT2D eigenvalue weighted by molar-refractivity contribution is -0.122. The number of nitrogens with one attached hydrogen (secondary N) is 1. The molecule has 6 heteroatoms. The second-order valence-electron chi connectivity index (χ2n) is 7.27. The van der Waals surface area contributed by atoms with E-state index in [4.69, 9.17) is 21.3 Å². The molecule has 1 amide bonds. The van der Waals surface area contributed by atoms with Crippen LogP contribution < -0.4 is 10.1 Å². The molecule has 1 aromatic heterocycles. The van der Waals surface area contributed by atoms with Gasteiger partial charge in [-0.2, -0.15) is 0 Å². The molecule has 1 saturated carbocycles. The van der Waals surface area contributed by atoms with E-state index >= 15 is 0 Å². The molecule has 0 radical (unpaired) electrons. The van der Waals surface area contributed by atoms with Crippen LogP contribution in [-0.2, 0) is 17.9 Å². The van der Waals surface area contributed by atoms with Gasteiger partial charge in [-0.15, -0.1) is 0 Å². The number of fused-ring (bicyclic) bond motifs is 1. The number of ether oxygens (including phenoxy) is 1. The molecule has 2 aromatic carbocycles. The number of amides is 1. The third-order valence-corrected chi connectivity index (χ3v) is 5.45. The smallest absolute Gasteiger partial charge is 0.223 e. The van der Waals surface area contributed by atoms with Crippen molar-refractivity contribution >= 4 is 28.5 Å². The molecule has 5 nitrogen and oxygen atoms in total. The fourth-order valence-electron chi connectivity index (χ4n) is 3.29. The number of hydrogen-bond acceptors (Lipinski definition) is 3. The molecule has 1 aliphatic rings. The van der Waals surface area contributed by atoms with Crippen molar-refractivity contribution in [3.8, 4) is 5.75 Å². The minimum absolute atomic E-state index is 0.139. The number of halogens is 1. The van der Waals surface area contributed by atoms with Gasteiger partial charge in [0.2, 0.25) is 5.91 Å². The molecule has 0 unspecified atom stereocenters. The molecule has 0 saturated heterocycles. The summed E-state index contributed by atoms with van der Waals surface area (Å²) in [7, 11) is 0. The summed E-state index contributed by atoms with van der Waals surface area (Å²) in [6.45, 7) is 3.81. The van der Waals surface area contributed by atoms with Gasteiger partial charge in [0.1, 0.15) is 11.6 Å². The zero-order valence-corrected chi connectivity index (χ0v) is 16.7. The maximum Gasteiger partial charge on any atom is 0.223 e. The first-order chi connectivity index (χ1) is 13.6. The maximum atomic E-state index is 12.0. The summed E-state index contributed by atoms with van der Waals surface area (Å²) in [4.78, 5) is 16.7. The third kappa shape index (κ3) is 4.30. The highest BCUT2D eigenvalue weighted by Crippen LogP contribution is 2.29. The number of carbonyl (C=O) groups is 1. The number of rotatable bonds is 8. The van der Waals surface area contributed by atoms with Gasteiger partial charge in [-0.1, -0.05) is 23.7 Å². The zero-order valence-electron chi connectivity index (χ0n) is 16.0. The second-order valence-corrected chi connectivity index (χ2v) is 7.68. The van der Waals surface area contributed by atoms with Crippen molar-refractivity contribution in [1.82, 2.24) is 14.9 Å². The van der Waals surface area contributed by atoms with Crippen molar-refractivity contribution in [2.24, 2.45) is 5.92 Å². The van der Waals surface area contributed by atoms with Crippen LogP contribution in [0.3, 0.4) is 0 Å². The van der Waals surface area contributed by atoms with Gasteiger partial charge >= 0.3 is 0 Å². The van der Waals surface area contributed by atoms with E-state index in [0.29, 0.717) is 13.2 Å². The van der Waals surface area contributed by atoms with Gasteiger partial charge in [0.25, 0.3) is 0 Å². The molecular formula is C22H24ClN3O2. The first-order valence-corrected chi connectivity index (χ1v) is 10.1. The summed E-state index contributed by atoms with van der Waals surface area (Å²) in [5.41, 5.74) is 3.04. The monoisotopic (exact) mass is 397 g/mol. The minimum atomic E-state index is 0.139. The Kier molecular flexibility index (Phi) is 5.53. The molecule has 0 atom stereocenters. The van der Waals surface area contributed by atoms with Crippen molar-refractivity contribution in [1.29, 1.82) is 0 Å². The van der Waals surface area contributed by atoms with E-state index in [1.54, 1.807) is 0 Å². The lowest BCUT2D eigenvalue weighted by Gasteiger charge is -2.11. The first-order valence-electron chi connectivity index (χ1n) is 9.72. The highest BCUT2D eigenvalue weighted by atomic mass is 35.5. The number of para-hydroxylation sites is 2. The van der Waals surface area contributed by atoms with Crippen LogP contribution >= 0.6 is 11.6 Å². The van der Waals surface area contributed by atoms with Crippen LogP contribution in [0, 0.1) is 12.8 Å². The zero-order chi connectivity index (χ0) is 19.5. The number of nitrogens with zero attached hydrogens (tertiary/aromatic N) is 2. The number of carbonyl (C=O) groups excluding carboxylic acids is 1. The molecule has 0 aliphatic heterocycles. The Labute approximate surface area is 169 Å². The number of aryl methyl sites for hydroxylation is 2. The van der Waals surface area contributed by atoms with Crippen molar-refractivity contribution in [3.63, 3.8) is 0 Å². The standard InChI is InChI=1S/C22H24ClN3O2/c1-15-13-17(9-10-18(15)23)28-12-4-11-26-20-6-3-2-5-19(20)25-21(26)14-24-22(27)16-7-8-16/h2-3,5-6,9-10,13,16H,4,7-8,11-12,14H2,1H3,(H,24,27). The van der Waals surface area contributed by atoms with Crippen LogP contribution in [-0.4, -0.2) is 22.1 Å².